The lowest BCUT2D eigenvalue weighted by atomic mass is 10.1. The number of rotatable bonds is 4. The molecule has 0 bridgehead atoms. The van der Waals surface area contributed by atoms with Crippen molar-refractivity contribution in [3.05, 3.63) is 67.7 Å². The fourth-order valence-corrected chi connectivity index (χ4v) is 2.51. The maximum atomic E-state index is 12.1. The van der Waals surface area contributed by atoms with Crippen molar-refractivity contribution in [3.8, 4) is 0 Å². The van der Waals surface area contributed by atoms with Crippen molar-refractivity contribution in [2.45, 2.75) is 19.9 Å². The topological polar surface area (TPSA) is 29.1 Å². The summed E-state index contributed by atoms with van der Waals surface area (Å²) in [5, 5.41) is 3.54. The highest BCUT2D eigenvalue weighted by molar-refractivity contribution is 14.1. The van der Waals surface area contributed by atoms with Gasteiger partial charge < -0.3 is 5.32 Å². The molecule has 2 nitrogen and oxygen atoms in total. The lowest BCUT2D eigenvalue weighted by Crippen LogP contribution is -2.23. The van der Waals surface area contributed by atoms with E-state index in [0.29, 0.717) is 17.1 Å². The molecular formula is C16H15ClINO. The molecule has 0 atom stereocenters. The number of hydrogen-bond acceptors (Lipinski definition) is 1. The van der Waals surface area contributed by atoms with Gasteiger partial charge in [0.05, 0.1) is 5.02 Å². The number of hydrogen-bond donors (Lipinski definition) is 1. The van der Waals surface area contributed by atoms with Gasteiger partial charge in [-0.3, -0.25) is 4.79 Å². The van der Waals surface area contributed by atoms with Crippen LogP contribution in [0.2, 0.25) is 5.02 Å². The van der Waals surface area contributed by atoms with Crippen molar-refractivity contribution in [2.24, 2.45) is 0 Å². The number of amides is 1. The zero-order chi connectivity index (χ0) is 14.5. The maximum Gasteiger partial charge on any atom is 0.251 e. The minimum atomic E-state index is -0.103. The summed E-state index contributed by atoms with van der Waals surface area (Å²) in [6.45, 7) is 2.64. The van der Waals surface area contributed by atoms with Gasteiger partial charge in [0.1, 0.15) is 0 Å². The SMILES string of the molecule is CCc1ccccc1CNC(=O)c1ccc(I)c(Cl)c1. The Morgan fingerprint density at radius 3 is 2.55 bits per heavy atom. The Kier molecular flexibility index (Phi) is 5.43. The summed E-state index contributed by atoms with van der Waals surface area (Å²) in [5.74, 6) is -0.103. The molecule has 2 rings (SSSR count). The van der Waals surface area contributed by atoms with Gasteiger partial charge in [0.2, 0.25) is 0 Å². The van der Waals surface area contributed by atoms with Crippen molar-refractivity contribution < 1.29 is 4.79 Å². The molecule has 0 aliphatic carbocycles. The molecule has 4 heteroatoms. The summed E-state index contributed by atoms with van der Waals surface area (Å²) in [7, 11) is 0. The molecule has 1 N–H and O–H groups in total. The minimum Gasteiger partial charge on any atom is -0.348 e. The number of halogens is 2. The number of nitrogens with one attached hydrogen (secondary N) is 1. The van der Waals surface area contributed by atoms with Crippen molar-refractivity contribution in [1.29, 1.82) is 0 Å². The third kappa shape index (κ3) is 3.73. The highest BCUT2D eigenvalue weighted by Gasteiger charge is 2.08. The number of carbonyl (C=O) groups is 1. The summed E-state index contributed by atoms with van der Waals surface area (Å²) < 4.78 is 0.942. The predicted octanol–water partition coefficient (Wildman–Crippen LogP) is 4.44. The van der Waals surface area contributed by atoms with Crippen molar-refractivity contribution in [1.82, 2.24) is 5.32 Å². The molecule has 0 aliphatic rings. The van der Waals surface area contributed by atoms with Gasteiger partial charge in [-0.2, -0.15) is 0 Å². The first kappa shape index (κ1) is 15.3. The Hall–Kier alpha value is -1.07. The van der Waals surface area contributed by atoms with E-state index in [4.69, 9.17) is 11.6 Å². The summed E-state index contributed by atoms with van der Waals surface area (Å²) in [6.07, 6.45) is 0.960. The maximum absolute atomic E-state index is 12.1. The van der Waals surface area contributed by atoms with Gasteiger partial charge in [0, 0.05) is 15.7 Å². The fraction of sp³-hybridized carbons (Fsp3) is 0.188. The monoisotopic (exact) mass is 399 g/mol. The van der Waals surface area contributed by atoms with Crippen LogP contribution in [-0.4, -0.2) is 5.91 Å². The van der Waals surface area contributed by atoms with Gasteiger partial charge in [-0.05, 0) is 58.3 Å². The molecule has 0 spiro atoms. The summed E-state index contributed by atoms with van der Waals surface area (Å²) in [4.78, 5) is 12.1. The van der Waals surface area contributed by atoms with Crippen LogP contribution in [0.25, 0.3) is 0 Å². The smallest absolute Gasteiger partial charge is 0.251 e. The predicted molar refractivity (Wildman–Crippen MR) is 91.2 cm³/mol. The number of benzene rings is 2. The van der Waals surface area contributed by atoms with Gasteiger partial charge in [-0.1, -0.05) is 42.8 Å². The van der Waals surface area contributed by atoms with E-state index in [-0.39, 0.29) is 5.91 Å². The zero-order valence-electron chi connectivity index (χ0n) is 11.1. The molecule has 2 aromatic carbocycles. The quantitative estimate of drug-likeness (QED) is 0.757. The molecule has 0 saturated carbocycles. The second kappa shape index (κ2) is 7.09. The molecule has 0 unspecified atom stereocenters. The Balaban J connectivity index is 2.06. The van der Waals surface area contributed by atoms with E-state index in [0.717, 1.165) is 15.6 Å². The zero-order valence-corrected chi connectivity index (χ0v) is 14.0. The van der Waals surface area contributed by atoms with Crippen LogP contribution in [-0.2, 0) is 13.0 Å². The van der Waals surface area contributed by atoms with Crippen molar-refractivity contribution >= 4 is 40.1 Å². The van der Waals surface area contributed by atoms with Crippen LogP contribution in [0.5, 0.6) is 0 Å². The Labute approximate surface area is 137 Å². The Morgan fingerprint density at radius 1 is 1.20 bits per heavy atom. The molecule has 0 aromatic heterocycles. The number of aryl methyl sites for hydroxylation is 1. The van der Waals surface area contributed by atoms with Gasteiger partial charge in [0.25, 0.3) is 5.91 Å². The third-order valence-electron chi connectivity index (χ3n) is 3.12. The second-order valence-electron chi connectivity index (χ2n) is 4.43. The standard InChI is InChI=1S/C16H15ClINO/c1-2-11-5-3-4-6-13(11)10-19-16(20)12-7-8-15(18)14(17)9-12/h3-9H,2,10H2,1H3,(H,19,20). The van der Waals surface area contributed by atoms with E-state index in [2.05, 4.69) is 40.9 Å². The first-order valence-corrected chi connectivity index (χ1v) is 7.87. The van der Waals surface area contributed by atoms with Gasteiger partial charge in [0.15, 0.2) is 0 Å². The van der Waals surface area contributed by atoms with Gasteiger partial charge in [-0.15, -0.1) is 0 Å². The molecule has 0 aliphatic heterocycles. The average molecular weight is 400 g/mol. The molecular weight excluding hydrogens is 385 g/mol. The highest BCUT2D eigenvalue weighted by Crippen LogP contribution is 2.19. The van der Waals surface area contributed by atoms with Crippen LogP contribution in [0, 0.1) is 3.57 Å². The van der Waals surface area contributed by atoms with Crippen LogP contribution in [0.15, 0.2) is 42.5 Å². The normalized spacial score (nSPS) is 10.3. The third-order valence-corrected chi connectivity index (χ3v) is 4.69. The molecule has 0 heterocycles. The lowest BCUT2D eigenvalue weighted by molar-refractivity contribution is 0.0951. The van der Waals surface area contributed by atoms with E-state index >= 15 is 0 Å². The van der Waals surface area contributed by atoms with Crippen molar-refractivity contribution in [3.63, 3.8) is 0 Å². The Bertz CT molecular complexity index is 628. The Morgan fingerprint density at radius 2 is 1.90 bits per heavy atom. The molecule has 2 aromatic rings. The van der Waals surface area contributed by atoms with Gasteiger partial charge >= 0.3 is 0 Å². The second-order valence-corrected chi connectivity index (χ2v) is 6.00. The average Bonchev–Trinajstić information content (AvgIpc) is 2.47. The van der Waals surface area contributed by atoms with Crippen LogP contribution in [0.3, 0.4) is 0 Å². The molecule has 0 fully saturated rings. The van der Waals surface area contributed by atoms with Gasteiger partial charge in [-0.25, -0.2) is 0 Å². The van der Waals surface area contributed by atoms with Crippen LogP contribution in [0.4, 0.5) is 0 Å². The van der Waals surface area contributed by atoms with E-state index in [1.807, 2.05) is 24.3 Å². The molecule has 0 saturated heterocycles. The van der Waals surface area contributed by atoms with E-state index in [1.54, 1.807) is 12.1 Å². The summed E-state index contributed by atoms with van der Waals surface area (Å²) >= 11 is 8.18. The first-order chi connectivity index (χ1) is 9.61. The molecule has 104 valence electrons. The largest absolute Gasteiger partial charge is 0.348 e. The lowest BCUT2D eigenvalue weighted by Gasteiger charge is -2.09. The number of carbonyl (C=O) groups excluding carboxylic acids is 1. The fourth-order valence-electron chi connectivity index (χ4n) is 1.99. The molecule has 0 radical (unpaired) electrons. The van der Waals surface area contributed by atoms with E-state index < -0.39 is 0 Å². The summed E-state index contributed by atoms with van der Waals surface area (Å²) in [5.41, 5.74) is 3.00. The van der Waals surface area contributed by atoms with Crippen molar-refractivity contribution in [2.75, 3.05) is 0 Å². The van der Waals surface area contributed by atoms with Crippen LogP contribution in [0.1, 0.15) is 28.4 Å². The first-order valence-electron chi connectivity index (χ1n) is 6.42. The highest BCUT2D eigenvalue weighted by atomic mass is 127. The van der Waals surface area contributed by atoms with Crippen LogP contribution >= 0.6 is 34.2 Å². The van der Waals surface area contributed by atoms with E-state index in [9.17, 15) is 4.79 Å². The summed E-state index contributed by atoms with van der Waals surface area (Å²) in [6, 6.07) is 13.5. The molecule has 1 amide bonds. The molecule has 20 heavy (non-hydrogen) atoms. The minimum absolute atomic E-state index is 0.103. The van der Waals surface area contributed by atoms with Crippen LogP contribution < -0.4 is 5.32 Å². The van der Waals surface area contributed by atoms with E-state index in [1.165, 1.54) is 5.56 Å².